The lowest BCUT2D eigenvalue weighted by molar-refractivity contribution is -0.123. The largest absolute Gasteiger partial charge is 0.369 e. The van der Waals surface area contributed by atoms with Crippen LogP contribution in [0.3, 0.4) is 0 Å². The summed E-state index contributed by atoms with van der Waals surface area (Å²) < 4.78 is 1.83. The maximum absolute atomic E-state index is 12.7. The van der Waals surface area contributed by atoms with Gasteiger partial charge in [0.15, 0.2) is 5.65 Å². The van der Waals surface area contributed by atoms with E-state index >= 15 is 0 Å². The van der Waals surface area contributed by atoms with Gasteiger partial charge in [0, 0.05) is 30.7 Å². The summed E-state index contributed by atoms with van der Waals surface area (Å²) >= 11 is 0. The first kappa shape index (κ1) is 15.5. The van der Waals surface area contributed by atoms with Gasteiger partial charge >= 0.3 is 0 Å². The summed E-state index contributed by atoms with van der Waals surface area (Å²) in [4.78, 5) is 30.1. The minimum atomic E-state index is -0.339. The number of primary amides is 1. The Kier molecular flexibility index (Phi) is 4.02. The molecule has 0 spiro atoms. The lowest BCUT2D eigenvalue weighted by Gasteiger charge is -2.31. The van der Waals surface area contributed by atoms with Crippen LogP contribution in [0, 0.1) is 5.92 Å². The summed E-state index contributed by atoms with van der Waals surface area (Å²) in [6, 6.07) is 2.02. The summed E-state index contributed by atoms with van der Waals surface area (Å²) in [7, 11) is 0. The van der Waals surface area contributed by atoms with Crippen LogP contribution in [0.1, 0.15) is 43.1 Å². The first-order chi connectivity index (χ1) is 11.0. The highest BCUT2D eigenvalue weighted by Gasteiger charge is 2.27. The van der Waals surface area contributed by atoms with Crippen molar-refractivity contribution in [3.05, 3.63) is 24.0 Å². The molecule has 0 aromatic carbocycles. The Morgan fingerprint density at radius 3 is 2.83 bits per heavy atom. The second kappa shape index (κ2) is 5.98. The van der Waals surface area contributed by atoms with E-state index in [2.05, 4.69) is 10.1 Å². The molecule has 3 heterocycles. The minimum absolute atomic E-state index is 0.109. The molecule has 7 heteroatoms. The maximum atomic E-state index is 12.7. The van der Waals surface area contributed by atoms with E-state index in [0.29, 0.717) is 18.7 Å². The number of amides is 2. The summed E-state index contributed by atoms with van der Waals surface area (Å²) in [5.41, 5.74) is 6.66. The third-order valence-electron chi connectivity index (χ3n) is 4.28. The number of carbonyl (C=O) groups is 2. The van der Waals surface area contributed by atoms with E-state index in [1.165, 1.54) is 0 Å². The zero-order chi connectivity index (χ0) is 16.6. The minimum Gasteiger partial charge on any atom is -0.369 e. The highest BCUT2D eigenvalue weighted by atomic mass is 16.2. The van der Waals surface area contributed by atoms with Crippen molar-refractivity contribution >= 4 is 22.8 Å². The van der Waals surface area contributed by atoms with Gasteiger partial charge in [0.05, 0.1) is 17.7 Å². The number of nitrogens with zero attached hydrogens (tertiary/aromatic N) is 4. The number of hydrogen-bond donors (Lipinski definition) is 1. The number of aromatic nitrogens is 3. The smallest absolute Gasteiger partial charge is 0.255 e. The van der Waals surface area contributed by atoms with Crippen molar-refractivity contribution in [3.63, 3.8) is 0 Å². The number of likely N-dealkylation sites (tertiary alicyclic amines) is 1. The zero-order valence-corrected chi connectivity index (χ0v) is 13.4. The fraction of sp³-hybridized carbons (Fsp3) is 0.500. The molecule has 122 valence electrons. The van der Waals surface area contributed by atoms with Crippen LogP contribution in [0.5, 0.6) is 0 Å². The summed E-state index contributed by atoms with van der Waals surface area (Å²) in [5.74, 6) is -0.704. The summed E-state index contributed by atoms with van der Waals surface area (Å²) in [5, 5.41) is 5.15. The van der Waals surface area contributed by atoms with Gasteiger partial charge in [-0.15, -0.1) is 0 Å². The fourth-order valence-electron chi connectivity index (χ4n) is 3.01. The van der Waals surface area contributed by atoms with Crippen LogP contribution in [-0.4, -0.2) is 44.6 Å². The van der Waals surface area contributed by atoms with Crippen molar-refractivity contribution in [2.75, 3.05) is 13.1 Å². The molecule has 1 aliphatic heterocycles. The van der Waals surface area contributed by atoms with Gasteiger partial charge < -0.3 is 10.6 Å². The van der Waals surface area contributed by atoms with Crippen molar-refractivity contribution in [3.8, 4) is 0 Å². The molecule has 0 bridgehead atoms. The molecular weight excluding hydrogens is 294 g/mol. The van der Waals surface area contributed by atoms with E-state index in [9.17, 15) is 9.59 Å². The lowest BCUT2D eigenvalue weighted by atomic mass is 9.97. The molecule has 3 rings (SSSR count). The van der Waals surface area contributed by atoms with Crippen LogP contribution in [0.25, 0.3) is 11.0 Å². The molecule has 0 unspecified atom stereocenters. The molecule has 0 radical (unpaired) electrons. The van der Waals surface area contributed by atoms with Gasteiger partial charge in [-0.3, -0.25) is 9.59 Å². The topological polar surface area (TPSA) is 94.1 Å². The number of nitrogens with two attached hydrogens (primary N) is 1. The van der Waals surface area contributed by atoms with Gasteiger partial charge in [-0.25, -0.2) is 9.67 Å². The SMILES string of the molecule is CC(C)n1ncc2cc(C(=O)N3CCC[C@H](C(N)=O)C3)cnc21. The number of hydrogen-bond acceptors (Lipinski definition) is 4. The van der Waals surface area contributed by atoms with E-state index in [0.717, 1.165) is 23.9 Å². The molecule has 2 amide bonds. The van der Waals surface area contributed by atoms with Crippen LogP contribution < -0.4 is 5.73 Å². The van der Waals surface area contributed by atoms with E-state index in [1.54, 1.807) is 17.3 Å². The second-order valence-corrected chi connectivity index (χ2v) is 6.31. The number of fused-ring (bicyclic) bond motifs is 1. The highest BCUT2D eigenvalue weighted by molar-refractivity contribution is 5.97. The first-order valence-corrected chi connectivity index (χ1v) is 7.89. The second-order valence-electron chi connectivity index (χ2n) is 6.31. The Morgan fingerprint density at radius 2 is 2.13 bits per heavy atom. The third kappa shape index (κ3) is 2.91. The molecule has 0 saturated carbocycles. The molecule has 1 saturated heterocycles. The maximum Gasteiger partial charge on any atom is 0.255 e. The third-order valence-corrected chi connectivity index (χ3v) is 4.28. The van der Waals surface area contributed by atoms with E-state index in [-0.39, 0.29) is 23.8 Å². The van der Waals surface area contributed by atoms with Crippen LogP contribution >= 0.6 is 0 Å². The Hall–Kier alpha value is -2.44. The van der Waals surface area contributed by atoms with Gasteiger partial charge in [0.25, 0.3) is 5.91 Å². The number of rotatable bonds is 3. The Balaban J connectivity index is 1.85. The molecule has 2 N–H and O–H groups in total. The van der Waals surface area contributed by atoms with Gasteiger partial charge in [-0.1, -0.05) is 0 Å². The monoisotopic (exact) mass is 315 g/mol. The first-order valence-electron chi connectivity index (χ1n) is 7.89. The van der Waals surface area contributed by atoms with Crippen LogP contribution in [0.4, 0.5) is 0 Å². The van der Waals surface area contributed by atoms with E-state index in [4.69, 9.17) is 5.73 Å². The van der Waals surface area contributed by atoms with Crippen molar-refractivity contribution < 1.29 is 9.59 Å². The average Bonchev–Trinajstić information content (AvgIpc) is 2.97. The molecule has 23 heavy (non-hydrogen) atoms. The molecule has 1 aliphatic rings. The predicted octanol–water partition coefficient (Wildman–Crippen LogP) is 1.35. The van der Waals surface area contributed by atoms with Crippen LogP contribution in [0.15, 0.2) is 18.5 Å². The molecule has 1 atom stereocenters. The molecule has 7 nitrogen and oxygen atoms in total. The van der Waals surface area contributed by atoms with Gasteiger partial charge in [0.2, 0.25) is 5.91 Å². The molecule has 1 fully saturated rings. The number of carbonyl (C=O) groups excluding carboxylic acids is 2. The lowest BCUT2D eigenvalue weighted by Crippen LogP contribution is -2.44. The van der Waals surface area contributed by atoms with Gasteiger partial charge in [-0.05, 0) is 32.8 Å². The number of piperidine rings is 1. The highest BCUT2D eigenvalue weighted by Crippen LogP contribution is 2.21. The van der Waals surface area contributed by atoms with Crippen molar-refractivity contribution in [2.45, 2.75) is 32.7 Å². The quantitative estimate of drug-likeness (QED) is 0.925. The molecule has 0 aliphatic carbocycles. The van der Waals surface area contributed by atoms with Crippen molar-refractivity contribution in [1.82, 2.24) is 19.7 Å². The Bertz CT molecular complexity index is 752. The average molecular weight is 315 g/mol. The molecular formula is C16H21N5O2. The fourth-order valence-corrected chi connectivity index (χ4v) is 3.01. The van der Waals surface area contributed by atoms with Gasteiger partial charge in [0.1, 0.15) is 0 Å². The van der Waals surface area contributed by atoms with Crippen molar-refractivity contribution in [2.24, 2.45) is 11.7 Å². The van der Waals surface area contributed by atoms with Crippen molar-refractivity contribution in [1.29, 1.82) is 0 Å². The molecule has 2 aromatic heterocycles. The van der Waals surface area contributed by atoms with Crippen LogP contribution in [0.2, 0.25) is 0 Å². The normalized spacial score (nSPS) is 18.6. The van der Waals surface area contributed by atoms with E-state index < -0.39 is 0 Å². The Labute approximate surface area is 134 Å². The van der Waals surface area contributed by atoms with Gasteiger partial charge in [-0.2, -0.15) is 5.10 Å². The standard InChI is InChI=1S/C16H21N5O2/c1-10(2)21-15-12(8-19-21)6-13(7-18-15)16(23)20-5-3-4-11(9-20)14(17)22/h6-8,10-11H,3-5,9H2,1-2H3,(H2,17,22)/t11-/m0/s1. The predicted molar refractivity (Wildman–Crippen MR) is 85.7 cm³/mol. The zero-order valence-electron chi connectivity index (χ0n) is 13.4. The Morgan fingerprint density at radius 1 is 1.35 bits per heavy atom. The number of pyridine rings is 1. The molecule has 2 aromatic rings. The van der Waals surface area contributed by atoms with E-state index in [1.807, 2.05) is 24.6 Å². The van der Waals surface area contributed by atoms with Crippen LogP contribution in [-0.2, 0) is 4.79 Å². The summed E-state index contributed by atoms with van der Waals surface area (Å²) in [6.45, 7) is 5.10. The summed E-state index contributed by atoms with van der Waals surface area (Å²) in [6.07, 6.45) is 4.85.